The van der Waals surface area contributed by atoms with Gasteiger partial charge in [-0.2, -0.15) is 0 Å². The lowest BCUT2D eigenvalue weighted by molar-refractivity contribution is 1.35. The first-order chi connectivity index (χ1) is 6.27. The third-order valence-electron chi connectivity index (χ3n) is 1.48. The molecule has 0 aliphatic heterocycles. The first-order valence-electron chi connectivity index (χ1n) is 4.29. The second-order valence-electron chi connectivity index (χ2n) is 2.32. The van der Waals surface area contributed by atoms with Crippen molar-refractivity contribution in [2.45, 2.75) is 20.8 Å². The second kappa shape index (κ2) is 4.58. The fraction of sp³-hybridized carbons (Fsp3) is 0.300. The van der Waals surface area contributed by atoms with E-state index in [0.29, 0.717) is 0 Å². The first-order valence-corrected chi connectivity index (χ1v) is 5.48. The van der Waals surface area contributed by atoms with E-state index in [-0.39, 0.29) is 0 Å². The summed E-state index contributed by atoms with van der Waals surface area (Å²) in [5.41, 5.74) is 0.927. The van der Waals surface area contributed by atoms with E-state index in [2.05, 4.69) is 4.98 Å². The van der Waals surface area contributed by atoms with Gasteiger partial charge >= 0.3 is 0 Å². The highest BCUT2D eigenvalue weighted by Gasteiger charge is 2.02. The molecule has 0 saturated carbocycles. The Morgan fingerprint density at radius 3 is 2.62 bits per heavy atom. The molecule has 0 unspecified atom stereocenters. The van der Waals surface area contributed by atoms with Crippen LogP contribution < -0.4 is 0 Å². The number of hydrogen-bond donors (Lipinski definition) is 0. The van der Waals surface area contributed by atoms with E-state index in [0.717, 1.165) is 20.2 Å². The summed E-state index contributed by atoms with van der Waals surface area (Å²) in [6.45, 7) is 5.99. The molecule has 0 bridgehead atoms. The lowest BCUT2D eigenvalue weighted by Gasteiger charge is -1.87. The van der Waals surface area contributed by atoms with Crippen molar-refractivity contribution in [1.29, 1.82) is 0 Å². The molecule has 2 rings (SSSR count). The molecule has 1 heterocycles. The van der Waals surface area contributed by atoms with E-state index in [1.165, 1.54) is 0 Å². The SMILES string of the molecule is CC.Cc1nc2c(Cl)cccc2s1. The molecule has 0 aliphatic rings. The number of aryl methyl sites for hydroxylation is 1. The minimum atomic E-state index is 0.742. The third-order valence-corrected chi connectivity index (χ3v) is 2.72. The van der Waals surface area contributed by atoms with Crippen molar-refractivity contribution in [3.8, 4) is 0 Å². The third kappa shape index (κ3) is 2.20. The van der Waals surface area contributed by atoms with Crippen molar-refractivity contribution in [2.24, 2.45) is 0 Å². The molecular weight excluding hydrogens is 202 g/mol. The molecule has 0 amide bonds. The quantitative estimate of drug-likeness (QED) is 0.637. The number of rotatable bonds is 0. The predicted molar refractivity (Wildman–Crippen MR) is 60.7 cm³/mol. The van der Waals surface area contributed by atoms with Gasteiger partial charge in [0.25, 0.3) is 0 Å². The van der Waals surface area contributed by atoms with Crippen LogP contribution in [0.4, 0.5) is 0 Å². The van der Waals surface area contributed by atoms with Crippen molar-refractivity contribution in [3.63, 3.8) is 0 Å². The molecule has 0 N–H and O–H groups in total. The van der Waals surface area contributed by atoms with E-state index in [9.17, 15) is 0 Å². The number of nitrogens with zero attached hydrogens (tertiary/aromatic N) is 1. The maximum absolute atomic E-state index is 5.91. The Morgan fingerprint density at radius 2 is 2.00 bits per heavy atom. The van der Waals surface area contributed by atoms with E-state index in [1.807, 2.05) is 39.0 Å². The van der Waals surface area contributed by atoms with Gasteiger partial charge in [0.15, 0.2) is 0 Å². The van der Waals surface area contributed by atoms with Gasteiger partial charge < -0.3 is 0 Å². The Morgan fingerprint density at radius 1 is 1.31 bits per heavy atom. The van der Waals surface area contributed by atoms with Gasteiger partial charge in [-0.3, -0.25) is 0 Å². The molecule has 0 radical (unpaired) electrons. The summed E-state index contributed by atoms with van der Waals surface area (Å²) in [6, 6.07) is 5.84. The van der Waals surface area contributed by atoms with Crippen molar-refractivity contribution >= 4 is 33.2 Å². The number of fused-ring (bicyclic) bond motifs is 1. The smallest absolute Gasteiger partial charge is 0.100 e. The van der Waals surface area contributed by atoms with Gasteiger partial charge in [-0.15, -0.1) is 11.3 Å². The maximum Gasteiger partial charge on any atom is 0.100 e. The molecule has 0 spiro atoms. The van der Waals surface area contributed by atoms with Crippen LogP contribution in [0.15, 0.2) is 18.2 Å². The number of thiazole rings is 1. The topological polar surface area (TPSA) is 12.9 Å². The molecular formula is C10H12ClNS. The largest absolute Gasteiger partial charge is 0.240 e. The summed E-state index contributed by atoms with van der Waals surface area (Å²) in [4.78, 5) is 4.30. The Balaban J connectivity index is 0.000000396. The minimum Gasteiger partial charge on any atom is -0.240 e. The van der Waals surface area contributed by atoms with E-state index in [4.69, 9.17) is 11.6 Å². The molecule has 0 aliphatic carbocycles. The van der Waals surface area contributed by atoms with Gasteiger partial charge in [0.05, 0.1) is 14.7 Å². The standard InChI is InChI=1S/C8H6ClNS.C2H6/c1-5-10-8-6(9)3-2-4-7(8)11-5;1-2/h2-4H,1H3;1-2H3. The number of halogens is 1. The maximum atomic E-state index is 5.91. The van der Waals surface area contributed by atoms with Crippen LogP contribution in [0.25, 0.3) is 10.2 Å². The molecule has 0 fully saturated rings. The average molecular weight is 214 g/mol. The second-order valence-corrected chi connectivity index (χ2v) is 3.96. The number of para-hydroxylation sites is 1. The van der Waals surface area contributed by atoms with Gasteiger partial charge in [0, 0.05) is 0 Å². The van der Waals surface area contributed by atoms with E-state index < -0.39 is 0 Å². The zero-order valence-corrected chi connectivity index (χ0v) is 9.54. The van der Waals surface area contributed by atoms with Crippen LogP contribution in [0, 0.1) is 6.92 Å². The molecule has 70 valence electrons. The van der Waals surface area contributed by atoms with E-state index in [1.54, 1.807) is 11.3 Å². The molecule has 1 nitrogen and oxygen atoms in total. The van der Waals surface area contributed by atoms with Crippen molar-refractivity contribution < 1.29 is 0 Å². The van der Waals surface area contributed by atoms with Gasteiger partial charge in [0.1, 0.15) is 5.52 Å². The molecule has 0 atom stereocenters. The Kier molecular flexibility index (Phi) is 3.70. The van der Waals surface area contributed by atoms with E-state index >= 15 is 0 Å². The van der Waals surface area contributed by atoms with Crippen molar-refractivity contribution in [1.82, 2.24) is 4.98 Å². The zero-order valence-electron chi connectivity index (χ0n) is 7.97. The molecule has 1 aromatic heterocycles. The van der Waals surface area contributed by atoms with Crippen LogP contribution >= 0.6 is 22.9 Å². The number of aromatic nitrogens is 1. The first kappa shape index (κ1) is 10.5. The van der Waals surface area contributed by atoms with Crippen LogP contribution in [0.5, 0.6) is 0 Å². The summed E-state index contributed by atoms with van der Waals surface area (Å²) < 4.78 is 1.16. The van der Waals surface area contributed by atoms with Crippen molar-refractivity contribution in [3.05, 3.63) is 28.2 Å². The van der Waals surface area contributed by atoms with Gasteiger partial charge in [-0.05, 0) is 19.1 Å². The summed E-state index contributed by atoms with van der Waals surface area (Å²) in [7, 11) is 0. The fourth-order valence-electron chi connectivity index (χ4n) is 1.03. The summed E-state index contributed by atoms with van der Waals surface area (Å²) in [5.74, 6) is 0. The Bertz CT molecular complexity index is 395. The average Bonchev–Trinajstić information content (AvgIpc) is 2.51. The highest BCUT2D eigenvalue weighted by Crippen LogP contribution is 2.26. The van der Waals surface area contributed by atoms with Gasteiger partial charge in [-0.25, -0.2) is 4.98 Å². The van der Waals surface area contributed by atoms with Crippen LogP contribution in [0.1, 0.15) is 18.9 Å². The lowest BCUT2D eigenvalue weighted by Crippen LogP contribution is -1.69. The van der Waals surface area contributed by atoms with Gasteiger partial charge in [0.2, 0.25) is 0 Å². The highest BCUT2D eigenvalue weighted by atomic mass is 35.5. The molecule has 0 saturated heterocycles. The highest BCUT2D eigenvalue weighted by molar-refractivity contribution is 7.18. The lowest BCUT2D eigenvalue weighted by atomic mass is 10.3. The fourth-order valence-corrected chi connectivity index (χ4v) is 2.15. The Hall–Kier alpha value is -0.600. The summed E-state index contributed by atoms with van der Waals surface area (Å²) >= 11 is 7.59. The van der Waals surface area contributed by atoms with Crippen molar-refractivity contribution in [2.75, 3.05) is 0 Å². The molecule has 3 heteroatoms. The van der Waals surface area contributed by atoms with Crippen LogP contribution in [0.2, 0.25) is 5.02 Å². The number of hydrogen-bond acceptors (Lipinski definition) is 2. The normalized spacial score (nSPS) is 9.54. The summed E-state index contributed by atoms with van der Waals surface area (Å²) in [6.07, 6.45) is 0. The Labute approximate surface area is 87.4 Å². The molecule has 13 heavy (non-hydrogen) atoms. The monoisotopic (exact) mass is 213 g/mol. The molecule has 2 aromatic rings. The van der Waals surface area contributed by atoms with Gasteiger partial charge in [-0.1, -0.05) is 31.5 Å². The minimum absolute atomic E-state index is 0.742. The zero-order chi connectivity index (χ0) is 9.84. The van der Waals surface area contributed by atoms with Crippen LogP contribution in [-0.4, -0.2) is 4.98 Å². The number of benzene rings is 1. The van der Waals surface area contributed by atoms with Crippen LogP contribution in [-0.2, 0) is 0 Å². The summed E-state index contributed by atoms with van der Waals surface area (Å²) in [5, 5.41) is 1.81. The molecule has 1 aromatic carbocycles. The predicted octanol–water partition coefficient (Wildman–Crippen LogP) is 4.28. The van der Waals surface area contributed by atoms with Crippen LogP contribution in [0.3, 0.4) is 0 Å².